The maximum absolute atomic E-state index is 12.1. The zero-order valence-corrected chi connectivity index (χ0v) is 14.1. The Balaban J connectivity index is 2.03. The average molecular weight is 365 g/mol. The van der Waals surface area contributed by atoms with Crippen LogP contribution in [0.15, 0.2) is 42.5 Å². The van der Waals surface area contributed by atoms with Gasteiger partial charge in [-0.1, -0.05) is 17.7 Å². The molecule has 0 spiro atoms. The number of hydrogen-bond donors (Lipinski definition) is 3. The van der Waals surface area contributed by atoms with Crippen LogP contribution >= 0.6 is 23.8 Å². The van der Waals surface area contributed by atoms with Gasteiger partial charge in [0, 0.05) is 11.3 Å². The molecule has 0 aliphatic heterocycles. The van der Waals surface area contributed by atoms with Crippen molar-refractivity contribution in [2.45, 2.75) is 0 Å². The van der Waals surface area contributed by atoms with Gasteiger partial charge in [0.15, 0.2) is 5.11 Å². The molecule has 0 aromatic heterocycles. The fourth-order valence-corrected chi connectivity index (χ4v) is 2.34. The number of carbonyl (C=O) groups excluding carboxylic acids is 1. The van der Waals surface area contributed by atoms with Crippen LogP contribution in [0.3, 0.4) is 0 Å². The number of amides is 1. The summed E-state index contributed by atoms with van der Waals surface area (Å²) in [7, 11) is 1.51. The molecule has 0 fully saturated rings. The van der Waals surface area contributed by atoms with E-state index in [0.29, 0.717) is 17.0 Å². The number of halogens is 1. The van der Waals surface area contributed by atoms with Gasteiger partial charge < -0.3 is 15.2 Å². The summed E-state index contributed by atoms with van der Waals surface area (Å²) < 4.78 is 5.06. The first-order valence-corrected chi connectivity index (χ1v) is 7.48. The molecule has 0 aliphatic carbocycles. The van der Waals surface area contributed by atoms with Gasteiger partial charge in [-0.2, -0.15) is 0 Å². The Hall–Kier alpha value is -2.64. The zero-order valence-electron chi connectivity index (χ0n) is 12.5. The molecule has 2 rings (SSSR count). The summed E-state index contributed by atoms with van der Waals surface area (Å²) in [4.78, 5) is 23.0. The van der Waals surface area contributed by atoms with Gasteiger partial charge >= 0.3 is 5.97 Å². The molecule has 0 unspecified atom stereocenters. The number of carbonyl (C=O) groups is 2. The molecule has 0 radical (unpaired) electrons. The molecule has 124 valence electrons. The van der Waals surface area contributed by atoms with E-state index in [1.807, 2.05) is 0 Å². The van der Waals surface area contributed by atoms with Crippen LogP contribution in [-0.4, -0.2) is 29.2 Å². The summed E-state index contributed by atoms with van der Waals surface area (Å²) in [5.74, 6) is -0.974. The van der Waals surface area contributed by atoms with Crippen LogP contribution in [0.2, 0.25) is 5.02 Å². The summed E-state index contributed by atoms with van der Waals surface area (Å²) in [5, 5.41) is 14.3. The summed E-state index contributed by atoms with van der Waals surface area (Å²) >= 11 is 10.9. The van der Waals surface area contributed by atoms with Gasteiger partial charge in [0.1, 0.15) is 5.75 Å². The minimum atomic E-state index is -1.12. The van der Waals surface area contributed by atoms with Crippen molar-refractivity contribution in [1.82, 2.24) is 5.32 Å². The lowest BCUT2D eigenvalue weighted by Crippen LogP contribution is -2.34. The molecule has 0 bridgehead atoms. The number of anilines is 1. The van der Waals surface area contributed by atoms with Gasteiger partial charge in [-0.3, -0.25) is 10.1 Å². The molecule has 24 heavy (non-hydrogen) atoms. The second-order valence-electron chi connectivity index (χ2n) is 4.64. The van der Waals surface area contributed by atoms with Gasteiger partial charge in [-0.25, -0.2) is 4.79 Å². The Bertz CT molecular complexity index is 810. The van der Waals surface area contributed by atoms with Gasteiger partial charge in [0.2, 0.25) is 0 Å². The number of methoxy groups -OCH3 is 1. The van der Waals surface area contributed by atoms with E-state index in [1.165, 1.54) is 25.3 Å². The summed E-state index contributed by atoms with van der Waals surface area (Å²) in [6.45, 7) is 0. The molecule has 0 atom stereocenters. The maximum Gasteiger partial charge on any atom is 0.337 e. The van der Waals surface area contributed by atoms with Crippen molar-refractivity contribution in [2.24, 2.45) is 0 Å². The minimum Gasteiger partial charge on any atom is -0.497 e. The number of rotatable bonds is 4. The molecule has 0 aliphatic rings. The minimum absolute atomic E-state index is 0.0199. The van der Waals surface area contributed by atoms with Crippen molar-refractivity contribution in [2.75, 3.05) is 12.4 Å². The van der Waals surface area contributed by atoms with Gasteiger partial charge in [-0.05, 0) is 48.6 Å². The second kappa shape index (κ2) is 7.76. The number of carboxylic acids is 1. The standard InChI is InChI=1S/C16H13ClN2O4S/c1-23-11-4-2-3-9(7-11)14(20)19-16(24)18-10-5-6-12(15(21)22)13(17)8-10/h2-8H,1H3,(H,21,22)(H2,18,19,20,24). The second-order valence-corrected chi connectivity index (χ2v) is 5.46. The molecule has 0 saturated carbocycles. The average Bonchev–Trinajstić information content (AvgIpc) is 2.54. The van der Waals surface area contributed by atoms with Crippen molar-refractivity contribution < 1.29 is 19.4 Å². The van der Waals surface area contributed by atoms with Crippen molar-refractivity contribution >= 4 is 46.5 Å². The van der Waals surface area contributed by atoms with E-state index >= 15 is 0 Å². The summed E-state index contributed by atoms with van der Waals surface area (Å²) in [6.07, 6.45) is 0. The Morgan fingerprint density at radius 2 is 1.96 bits per heavy atom. The SMILES string of the molecule is COc1cccc(C(=O)NC(=S)Nc2ccc(C(=O)O)c(Cl)c2)c1. The third-order valence-electron chi connectivity index (χ3n) is 3.02. The van der Waals surface area contributed by atoms with E-state index in [4.69, 9.17) is 33.7 Å². The molecule has 6 nitrogen and oxygen atoms in total. The highest BCUT2D eigenvalue weighted by molar-refractivity contribution is 7.80. The monoisotopic (exact) mass is 364 g/mol. The fourth-order valence-electron chi connectivity index (χ4n) is 1.87. The van der Waals surface area contributed by atoms with E-state index < -0.39 is 11.9 Å². The van der Waals surface area contributed by atoms with Gasteiger partial charge in [0.05, 0.1) is 17.7 Å². The van der Waals surface area contributed by atoms with Gasteiger partial charge in [-0.15, -0.1) is 0 Å². The number of ether oxygens (including phenoxy) is 1. The first-order chi connectivity index (χ1) is 11.4. The highest BCUT2D eigenvalue weighted by Crippen LogP contribution is 2.21. The van der Waals surface area contributed by atoms with Crippen molar-refractivity contribution in [1.29, 1.82) is 0 Å². The van der Waals surface area contributed by atoms with Crippen LogP contribution in [0.5, 0.6) is 5.75 Å². The smallest absolute Gasteiger partial charge is 0.337 e. The Kier molecular flexibility index (Phi) is 5.73. The molecular formula is C16H13ClN2O4S. The first kappa shape index (κ1) is 17.7. The summed E-state index contributed by atoms with van der Waals surface area (Å²) in [6, 6.07) is 10.9. The van der Waals surface area contributed by atoms with E-state index in [1.54, 1.807) is 24.3 Å². The molecule has 0 saturated heterocycles. The van der Waals surface area contributed by atoms with Crippen molar-refractivity contribution in [3.05, 3.63) is 58.6 Å². The largest absolute Gasteiger partial charge is 0.497 e. The lowest BCUT2D eigenvalue weighted by atomic mass is 10.2. The molecule has 1 amide bonds. The quantitative estimate of drug-likeness (QED) is 0.722. The number of thiocarbonyl (C=S) groups is 1. The number of benzene rings is 2. The lowest BCUT2D eigenvalue weighted by Gasteiger charge is -2.11. The third kappa shape index (κ3) is 4.43. The van der Waals surface area contributed by atoms with Gasteiger partial charge in [0.25, 0.3) is 5.91 Å². The summed E-state index contributed by atoms with van der Waals surface area (Å²) in [5.41, 5.74) is 0.826. The topological polar surface area (TPSA) is 87.7 Å². The van der Waals surface area contributed by atoms with Crippen LogP contribution < -0.4 is 15.4 Å². The van der Waals surface area contributed by atoms with E-state index in [9.17, 15) is 9.59 Å². The third-order valence-corrected chi connectivity index (χ3v) is 3.53. The Labute approximate surface area is 148 Å². The molecule has 3 N–H and O–H groups in total. The van der Waals surface area contributed by atoms with Crippen molar-refractivity contribution in [3.63, 3.8) is 0 Å². The van der Waals surface area contributed by atoms with Crippen LogP contribution in [0, 0.1) is 0 Å². The number of carboxylic acid groups (broad SMARTS) is 1. The number of nitrogens with one attached hydrogen (secondary N) is 2. The normalized spacial score (nSPS) is 9.92. The lowest BCUT2D eigenvalue weighted by molar-refractivity contribution is 0.0697. The highest BCUT2D eigenvalue weighted by atomic mass is 35.5. The first-order valence-electron chi connectivity index (χ1n) is 6.70. The van der Waals surface area contributed by atoms with Crippen LogP contribution in [-0.2, 0) is 0 Å². The van der Waals surface area contributed by atoms with Crippen LogP contribution in [0.4, 0.5) is 5.69 Å². The molecule has 2 aromatic carbocycles. The Morgan fingerprint density at radius 3 is 2.58 bits per heavy atom. The predicted molar refractivity (Wildman–Crippen MR) is 95.1 cm³/mol. The zero-order chi connectivity index (χ0) is 17.7. The highest BCUT2D eigenvalue weighted by Gasteiger charge is 2.11. The number of aromatic carboxylic acids is 1. The van der Waals surface area contributed by atoms with Crippen LogP contribution in [0.25, 0.3) is 0 Å². The van der Waals surface area contributed by atoms with E-state index in [2.05, 4.69) is 10.6 Å². The molecular weight excluding hydrogens is 352 g/mol. The fraction of sp³-hybridized carbons (Fsp3) is 0.0625. The Morgan fingerprint density at radius 1 is 1.21 bits per heavy atom. The van der Waals surface area contributed by atoms with E-state index in [0.717, 1.165) is 0 Å². The molecule has 0 heterocycles. The number of hydrogen-bond acceptors (Lipinski definition) is 4. The van der Waals surface area contributed by atoms with Crippen LogP contribution in [0.1, 0.15) is 20.7 Å². The molecule has 2 aromatic rings. The van der Waals surface area contributed by atoms with Crippen molar-refractivity contribution in [3.8, 4) is 5.75 Å². The van der Waals surface area contributed by atoms with E-state index in [-0.39, 0.29) is 15.7 Å². The molecule has 8 heteroatoms. The maximum atomic E-state index is 12.1. The predicted octanol–water partition coefficient (Wildman–Crippen LogP) is 3.17.